The molecule has 17 heavy (non-hydrogen) atoms. The zero-order valence-electron chi connectivity index (χ0n) is 9.06. The molecule has 96 valence electrons. The number of amides is 4. The highest BCUT2D eigenvalue weighted by Crippen LogP contribution is 2.03. The maximum absolute atomic E-state index is 11.0. The molecule has 8 nitrogen and oxygen atoms in total. The molecule has 0 saturated heterocycles. The second-order valence-electron chi connectivity index (χ2n) is 3.02. The van der Waals surface area contributed by atoms with Crippen molar-refractivity contribution in [2.24, 2.45) is 5.73 Å². The van der Waals surface area contributed by atoms with Crippen molar-refractivity contribution < 1.29 is 24.3 Å². The quantitative estimate of drug-likeness (QED) is 0.460. The van der Waals surface area contributed by atoms with Gasteiger partial charge in [-0.3, -0.25) is 14.9 Å². The van der Waals surface area contributed by atoms with E-state index in [0.717, 1.165) is 11.8 Å². The molecular weight excluding hydrogens is 250 g/mol. The van der Waals surface area contributed by atoms with Gasteiger partial charge in [-0.25, -0.2) is 9.59 Å². The van der Waals surface area contributed by atoms with Crippen LogP contribution in [-0.4, -0.2) is 46.5 Å². The second-order valence-corrected chi connectivity index (χ2v) is 4.05. The Morgan fingerprint density at radius 1 is 1.35 bits per heavy atom. The first kappa shape index (κ1) is 15.2. The second kappa shape index (κ2) is 7.49. The highest BCUT2D eigenvalue weighted by atomic mass is 32.2. The Bertz CT molecular complexity index is 333. The Balaban J connectivity index is 3.98. The molecule has 0 radical (unpaired) electrons. The topological polar surface area (TPSA) is 139 Å². The van der Waals surface area contributed by atoms with E-state index < -0.39 is 29.9 Å². The summed E-state index contributed by atoms with van der Waals surface area (Å²) in [6.45, 7) is 1.19. The van der Waals surface area contributed by atoms with Crippen LogP contribution in [-0.2, 0) is 14.4 Å². The van der Waals surface area contributed by atoms with Gasteiger partial charge in [0.05, 0.1) is 5.75 Å². The average molecular weight is 263 g/mol. The minimum absolute atomic E-state index is 0.0150. The van der Waals surface area contributed by atoms with Crippen LogP contribution in [0.4, 0.5) is 4.79 Å². The molecule has 0 aliphatic heterocycles. The summed E-state index contributed by atoms with van der Waals surface area (Å²) in [5.41, 5.74) is 4.71. The number of rotatable bonds is 6. The van der Waals surface area contributed by atoms with Crippen molar-refractivity contribution in [3.8, 4) is 0 Å². The number of imide groups is 1. The Kier molecular flexibility index (Phi) is 6.71. The smallest absolute Gasteiger partial charge is 0.327 e. The molecule has 0 heterocycles. The normalized spacial score (nSPS) is 11.4. The lowest BCUT2D eigenvalue weighted by atomic mass is 10.3. The minimum Gasteiger partial charge on any atom is -0.480 e. The molecule has 0 spiro atoms. The molecule has 1 unspecified atom stereocenters. The standard InChI is InChI=1S/C8H13N3O5S/c1-4(12)10-5(7(14)15)2-17-3-6(13)11-8(9)16/h5H,2-3H2,1H3,(H,10,12)(H,14,15)(H3,9,11,13,16). The summed E-state index contributed by atoms with van der Waals surface area (Å²) in [5.74, 6) is -2.38. The molecule has 0 aliphatic rings. The first-order valence-electron chi connectivity index (χ1n) is 4.50. The molecule has 0 aliphatic carbocycles. The van der Waals surface area contributed by atoms with E-state index in [1.54, 1.807) is 0 Å². The van der Waals surface area contributed by atoms with Crippen molar-refractivity contribution in [2.75, 3.05) is 11.5 Å². The molecule has 0 fully saturated rings. The number of hydrogen-bond acceptors (Lipinski definition) is 5. The summed E-state index contributed by atoms with van der Waals surface area (Å²) in [5, 5.41) is 12.8. The van der Waals surface area contributed by atoms with Crippen LogP contribution in [0, 0.1) is 0 Å². The number of nitrogens with one attached hydrogen (secondary N) is 2. The molecule has 0 saturated carbocycles. The van der Waals surface area contributed by atoms with Crippen molar-refractivity contribution in [1.29, 1.82) is 0 Å². The zero-order chi connectivity index (χ0) is 13.4. The van der Waals surface area contributed by atoms with E-state index in [1.807, 2.05) is 5.32 Å². The monoisotopic (exact) mass is 263 g/mol. The SMILES string of the molecule is CC(=O)NC(CSCC(=O)NC(N)=O)C(=O)O. The van der Waals surface area contributed by atoms with Gasteiger partial charge in [0.15, 0.2) is 0 Å². The van der Waals surface area contributed by atoms with Crippen molar-refractivity contribution in [3.63, 3.8) is 0 Å². The van der Waals surface area contributed by atoms with Gasteiger partial charge in [0, 0.05) is 12.7 Å². The zero-order valence-corrected chi connectivity index (χ0v) is 9.87. The molecule has 0 aromatic heterocycles. The van der Waals surface area contributed by atoms with Crippen molar-refractivity contribution in [2.45, 2.75) is 13.0 Å². The third kappa shape index (κ3) is 8.08. The molecule has 5 N–H and O–H groups in total. The van der Waals surface area contributed by atoms with Crippen LogP contribution < -0.4 is 16.4 Å². The molecule has 0 aromatic carbocycles. The third-order valence-electron chi connectivity index (χ3n) is 1.46. The largest absolute Gasteiger partial charge is 0.480 e. The van der Waals surface area contributed by atoms with Gasteiger partial charge in [-0.2, -0.15) is 0 Å². The van der Waals surface area contributed by atoms with E-state index in [4.69, 9.17) is 10.8 Å². The number of carboxylic acid groups (broad SMARTS) is 1. The number of primary amides is 1. The van der Waals surface area contributed by atoms with Crippen molar-refractivity contribution in [1.82, 2.24) is 10.6 Å². The highest BCUT2D eigenvalue weighted by molar-refractivity contribution is 8.00. The average Bonchev–Trinajstić information content (AvgIpc) is 2.13. The number of thioether (sulfide) groups is 1. The molecule has 0 rings (SSSR count). The van der Waals surface area contributed by atoms with Gasteiger partial charge in [0.2, 0.25) is 11.8 Å². The molecule has 1 atom stereocenters. The third-order valence-corrected chi connectivity index (χ3v) is 2.49. The van der Waals surface area contributed by atoms with Crippen LogP contribution in [0.1, 0.15) is 6.92 Å². The summed E-state index contributed by atoms with van der Waals surface area (Å²) in [6.07, 6.45) is 0. The van der Waals surface area contributed by atoms with Crippen LogP contribution in [0.5, 0.6) is 0 Å². The van der Waals surface area contributed by atoms with Crippen molar-refractivity contribution >= 4 is 35.6 Å². The lowest BCUT2D eigenvalue weighted by Crippen LogP contribution is -2.42. The summed E-state index contributed by atoms with van der Waals surface area (Å²) < 4.78 is 0. The van der Waals surface area contributed by atoms with E-state index in [0.29, 0.717) is 0 Å². The molecule has 4 amide bonds. The fraction of sp³-hybridized carbons (Fsp3) is 0.500. The highest BCUT2D eigenvalue weighted by Gasteiger charge is 2.18. The Hall–Kier alpha value is -1.77. The number of hydrogen-bond donors (Lipinski definition) is 4. The van der Waals surface area contributed by atoms with Crippen LogP contribution in [0.15, 0.2) is 0 Å². The van der Waals surface area contributed by atoms with Gasteiger partial charge in [0.1, 0.15) is 6.04 Å². The number of carboxylic acids is 1. The Morgan fingerprint density at radius 2 is 1.94 bits per heavy atom. The van der Waals surface area contributed by atoms with E-state index >= 15 is 0 Å². The maximum atomic E-state index is 11.0. The number of aliphatic carboxylic acids is 1. The van der Waals surface area contributed by atoms with E-state index in [9.17, 15) is 19.2 Å². The molecule has 0 bridgehead atoms. The first-order chi connectivity index (χ1) is 7.82. The first-order valence-corrected chi connectivity index (χ1v) is 5.65. The summed E-state index contributed by atoms with van der Waals surface area (Å²) in [6, 6.07) is -2.04. The van der Waals surface area contributed by atoms with E-state index in [2.05, 4.69) is 5.32 Å². The minimum atomic E-state index is -1.19. The summed E-state index contributed by atoms with van der Waals surface area (Å²) >= 11 is 0.966. The number of carbonyl (C=O) groups is 4. The van der Waals surface area contributed by atoms with Crippen LogP contribution in [0.25, 0.3) is 0 Å². The summed E-state index contributed by atoms with van der Waals surface area (Å²) in [4.78, 5) is 42.6. The van der Waals surface area contributed by atoms with E-state index in [1.165, 1.54) is 6.92 Å². The Labute approximate surface area is 101 Å². The van der Waals surface area contributed by atoms with Crippen molar-refractivity contribution in [3.05, 3.63) is 0 Å². The van der Waals surface area contributed by atoms with Gasteiger partial charge in [0.25, 0.3) is 0 Å². The van der Waals surface area contributed by atoms with E-state index in [-0.39, 0.29) is 11.5 Å². The van der Waals surface area contributed by atoms with Crippen LogP contribution in [0.2, 0.25) is 0 Å². The van der Waals surface area contributed by atoms with Crippen LogP contribution in [0.3, 0.4) is 0 Å². The van der Waals surface area contributed by atoms with Gasteiger partial charge < -0.3 is 16.2 Å². The number of carbonyl (C=O) groups excluding carboxylic acids is 3. The van der Waals surface area contributed by atoms with Gasteiger partial charge in [-0.1, -0.05) is 0 Å². The van der Waals surface area contributed by atoms with Gasteiger partial charge >= 0.3 is 12.0 Å². The lowest BCUT2D eigenvalue weighted by molar-refractivity contribution is -0.140. The van der Waals surface area contributed by atoms with Gasteiger partial charge in [-0.15, -0.1) is 11.8 Å². The number of nitrogens with two attached hydrogens (primary N) is 1. The maximum Gasteiger partial charge on any atom is 0.327 e. The summed E-state index contributed by atoms with van der Waals surface area (Å²) in [7, 11) is 0. The predicted molar refractivity (Wildman–Crippen MR) is 60.3 cm³/mol. The fourth-order valence-corrected chi connectivity index (χ4v) is 1.70. The van der Waals surface area contributed by atoms with Crippen LogP contribution >= 0.6 is 11.8 Å². The van der Waals surface area contributed by atoms with Gasteiger partial charge in [-0.05, 0) is 0 Å². The predicted octanol–water partition coefficient (Wildman–Crippen LogP) is -1.50. The number of urea groups is 1. The molecule has 0 aromatic rings. The molecule has 9 heteroatoms. The Morgan fingerprint density at radius 3 is 2.35 bits per heavy atom. The molecular formula is C8H13N3O5S. The fourth-order valence-electron chi connectivity index (χ4n) is 0.863. The lowest BCUT2D eigenvalue weighted by Gasteiger charge is -2.12.